The molecule has 21 heavy (non-hydrogen) atoms. The van der Waals surface area contributed by atoms with Gasteiger partial charge in [0.25, 0.3) is 0 Å². The maximum absolute atomic E-state index is 4.36. The first-order valence-corrected chi connectivity index (χ1v) is 6.99. The number of hydrogen-bond donors (Lipinski definition) is 2. The molecule has 0 saturated heterocycles. The highest BCUT2D eigenvalue weighted by molar-refractivity contribution is 5.62. The molecule has 2 N–H and O–H groups in total. The van der Waals surface area contributed by atoms with Gasteiger partial charge in [-0.3, -0.25) is 5.10 Å². The van der Waals surface area contributed by atoms with Gasteiger partial charge in [0.2, 0.25) is 0 Å². The van der Waals surface area contributed by atoms with E-state index in [1.54, 1.807) is 0 Å². The topological polar surface area (TPSA) is 53.6 Å². The Labute approximate surface area is 124 Å². The van der Waals surface area contributed by atoms with E-state index in [1.165, 1.54) is 11.1 Å². The summed E-state index contributed by atoms with van der Waals surface area (Å²) >= 11 is 0. The Kier molecular flexibility index (Phi) is 3.69. The van der Waals surface area contributed by atoms with Crippen LogP contribution in [0.5, 0.6) is 0 Å². The zero-order valence-electron chi connectivity index (χ0n) is 12.2. The fourth-order valence-electron chi connectivity index (χ4n) is 2.15. The van der Waals surface area contributed by atoms with Gasteiger partial charge >= 0.3 is 0 Å². The van der Waals surface area contributed by atoms with E-state index in [1.807, 2.05) is 19.1 Å². The van der Waals surface area contributed by atoms with Crippen LogP contribution in [-0.4, -0.2) is 15.2 Å². The molecule has 0 saturated carbocycles. The van der Waals surface area contributed by atoms with Crippen LogP contribution in [0.4, 0.5) is 5.69 Å². The molecule has 1 aromatic heterocycles. The zero-order chi connectivity index (χ0) is 14.7. The van der Waals surface area contributed by atoms with E-state index in [4.69, 9.17) is 0 Å². The predicted molar refractivity (Wildman–Crippen MR) is 85.1 cm³/mol. The zero-order valence-corrected chi connectivity index (χ0v) is 12.2. The molecule has 0 spiro atoms. The minimum absolute atomic E-state index is 0.728. The number of anilines is 1. The third kappa shape index (κ3) is 3.28. The minimum atomic E-state index is 0.728. The number of aromatic nitrogens is 3. The molecule has 1 heterocycles. The molecular formula is C17H18N4. The third-order valence-corrected chi connectivity index (χ3v) is 3.34. The van der Waals surface area contributed by atoms with Crippen molar-refractivity contribution in [3.05, 3.63) is 65.5 Å². The summed E-state index contributed by atoms with van der Waals surface area (Å²) in [5, 5.41) is 10.5. The fraction of sp³-hybridized carbons (Fsp3) is 0.176. The number of H-pyrrole nitrogens is 1. The van der Waals surface area contributed by atoms with Crippen LogP contribution in [0.15, 0.2) is 48.5 Å². The van der Waals surface area contributed by atoms with Crippen LogP contribution in [0.2, 0.25) is 0 Å². The van der Waals surface area contributed by atoms with Crippen LogP contribution in [0.3, 0.4) is 0 Å². The van der Waals surface area contributed by atoms with Gasteiger partial charge in [-0.15, -0.1) is 0 Å². The second-order valence-corrected chi connectivity index (χ2v) is 5.16. The lowest BCUT2D eigenvalue weighted by Crippen LogP contribution is -1.99. The first kappa shape index (κ1) is 13.4. The summed E-state index contributed by atoms with van der Waals surface area (Å²) in [6.45, 7) is 4.80. The molecule has 2 aromatic carbocycles. The van der Waals surface area contributed by atoms with Crippen LogP contribution in [0, 0.1) is 13.8 Å². The van der Waals surface area contributed by atoms with E-state index < -0.39 is 0 Å². The van der Waals surface area contributed by atoms with Crippen molar-refractivity contribution in [1.29, 1.82) is 0 Å². The van der Waals surface area contributed by atoms with Gasteiger partial charge in [0, 0.05) is 17.8 Å². The molecule has 3 rings (SSSR count). The lowest BCUT2D eigenvalue weighted by atomic mass is 10.1. The molecule has 0 fully saturated rings. The quantitative estimate of drug-likeness (QED) is 0.765. The van der Waals surface area contributed by atoms with E-state index in [2.05, 4.69) is 63.8 Å². The maximum atomic E-state index is 4.36. The lowest BCUT2D eigenvalue weighted by Gasteiger charge is -2.08. The van der Waals surface area contributed by atoms with Gasteiger partial charge in [-0.2, -0.15) is 5.10 Å². The van der Waals surface area contributed by atoms with Crippen molar-refractivity contribution >= 4 is 5.69 Å². The summed E-state index contributed by atoms with van der Waals surface area (Å²) in [6, 6.07) is 16.7. The normalized spacial score (nSPS) is 10.6. The minimum Gasteiger partial charge on any atom is -0.381 e. The van der Waals surface area contributed by atoms with E-state index in [0.29, 0.717) is 0 Å². The largest absolute Gasteiger partial charge is 0.381 e. The van der Waals surface area contributed by atoms with E-state index in [9.17, 15) is 0 Å². The van der Waals surface area contributed by atoms with Crippen molar-refractivity contribution in [1.82, 2.24) is 15.2 Å². The van der Waals surface area contributed by atoms with E-state index >= 15 is 0 Å². The fourth-order valence-corrected chi connectivity index (χ4v) is 2.15. The average molecular weight is 278 g/mol. The standard InChI is InChI=1S/C17H18N4/c1-12-6-8-14(9-7-12)11-18-16-5-3-4-15(10-16)17-19-13(2)20-21-17/h3-10,18H,11H2,1-2H3,(H,19,20,21). The average Bonchev–Trinajstić information content (AvgIpc) is 2.94. The molecule has 0 unspecified atom stereocenters. The van der Waals surface area contributed by atoms with Crippen molar-refractivity contribution < 1.29 is 0 Å². The van der Waals surface area contributed by atoms with E-state index in [0.717, 1.165) is 29.4 Å². The first-order valence-electron chi connectivity index (χ1n) is 6.99. The van der Waals surface area contributed by atoms with Gasteiger partial charge < -0.3 is 5.32 Å². The van der Waals surface area contributed by atoms with E-state index in [-0.39, 0.29) is 0 Å². The second-order valence-electron chi connectivity index (χ2n) is 5.16. The van der Waals surface area contributed by atoms with Crippen LogP contribution >= 0.6 is 0 Å². The van der Waals surface area contributed by atoms with Crippen molar-refractivity contribution in [2.75, 3.05) is 5.32 Å². The number of aromatic amines is 1. The summed E-state index contributed by atoms with van der Waals surface area (Å²) in [7, 11) is 0. The third-order valence-electron chi connectivity index (χ3n) is 3.34. The highest BCUT2D eigenvalue weighted by Gasteiger charge is 2.04. The Balaban J connectivity index is 1.73. The van der Waals surface area contributed by atoms with Crippen LogP contribution < -0.4 is 5.32 Å². The number of rotatable bonds is 4. The first-order chi connectivity index (χ1) is 10.2. The molecule has 0 atom stereocenters. The second kappa shape index (κ2) is 5.79. The molecule has 0 radical (unpaired) electrons. The van der Waals surface area contributed by atoms with Crippen LogP contribution in [0.25, 0.3) is 11.4 Å². The summed E-state index contributed by atoms with van der Waals surface area (Å²) in [5.74, 6) is 1.55. The Morgan fingerprint density at radius 2 is 1.86 bits per heavy atom. The Hall–Kier alpha value is -2.62. The number of aryl methyl sites for hydroxylation is 2. The number of nitrogens with one attached hydrogen (secondary N) is 2. The molecule has 4 heteroatoms. The molecular weight excluding hydrogens is 260 g/mol. The summed E-state index contributed by atoms with van der Waals surface area (Å²) in [5.41, 5.74) is 4.62. The molecule has 0 aliphatic heterocycles. The maximum Gasteiger partial charge on any atom is 0.181 e. The number of hydrogen-bond acceptors (Lipinski definition) is 3. The van der Waals surface area contributed by atoms with Gasteiger partial charge in [0.1, 0.15) is 5.82 Å². The number of benzene rings is 2. The molecule has 106 valence electrons. The SMILES string of the molecule is Cc1ccc(CNc2cccc(-c3n[nH]c(C)n3)c2)cc1. The predicted octanol–water partition coefficient (Wildman–Crippen LogP) is 3.70. The van der Waals surface area contributed by atoms with Gasteiger partial charge in [-0.25, -0.2) is 4.98 Å². The van der Waals surface area contributed by atoms with Gasteiger partial charge in [0.15, 0.2) is 5.82 Å². The summed E-state index contributed by atoms with van der Waals surface area (Å²) in [4.78, 5) is 4.36. The Morgan fingerprint density at radius 1 is 1.05 bits per heavy atom. The molecule has 0 aliphatic rings. The van der Waals surface area contributed by atoms with Gasteiger partial charge in [0.05, 0.1) is 0 Å². The van der Waals surface area contributed by atoms with Crippen LogP contribution in [0.1, 0.15) is 17.0 Å². The monoisotopic (exact) mass is 278 g/mol. The van der Waals surface area contributed by atoms with Crippen molar-refractivity contribution in [2.24, 2.45) is 0 Å². The van der Waals surface area contributed by atoms with Crippen molar-refractivity contribution in [3.8, 4) is 11.4 Å². The summed E-state index contributed by atoms with van der Waals surface area (Å²) in [6.07, 6.45) is 0. The molecule has 3 aromatic rings. The molecule has 0 bridgehead atoms. The highest BCUT2D eigenvalue weighted by atomic mass is 15.2. The Morgan fingerprint density at radius 3 is 2.57 bits per heavy atom. The lowest BCUT2D eigenvalue weighted by molar-refractivity contribution is 1.04. The molecule has 4 nitrogen and oxygen atoms in total. The van der Waals surface area contributed by atoms with Gasteiger partial charge in [-0.1, -0.05) is 42.0 Å². The Bertz CT molecular complexity index is 729. The van der Waals surface area contributed by atoms with Crippen molar-refractivity contribution in [2.45, 2.75) is 20.4 Å². The molecule has 0 aliphatic carbocycles. The summed E-state index contributed by atoms with van der Waals surface area (Å²) < 4.78 is 0. The molecule has 0 amide bonds. The number of nitrogens with zero attached hydrogens (tertiary/aromatic N) is 2. The van der Waals surface area contributed by atoms with Crippen molar-refractivity contribution in [3.63, 3.8) is 0 Å². The van der Waals surface area contributed by atoms with Crippen LogP contribution in [-0.2, 0) is 6.54 Å². The smallest absolute Gasteiger partial charge is 0.181 e. The van der Waals surface area contributed by atoms with Gasteiger partial charge in [-0.05, 0) is 31.5 Å². The highest BCUT2D eigenvalue weighted by Crippen LogP contribution is 2.19.